The predicted octanol–water partition coefficient (Wildman–Crippen LogP) is 1.26. The Bertz CT molecular complexity index is 397. The van der Waals surface area contributed by atoms with E-state index < -0.39 is 0 Å². The SMILES string of the molecule is CCc1nsc(N2CCN(CC3CCOC3)CC2)n1. The Balaban J connectivity index is 1.48. The molecule has 6 heteroatoms. The zero-order valence-corrected chi connectivity index (χ0v) is 12.4. The lowest BCUT2D eigenvalue weighted by molar-refractivity contribution is 0.164. The van der Waals surface area contributed by atoms with Crippen LogP contribution in [0.1, 0.15) is 19.2 Å². The van der Waals surface area contributed by atoms with Crippen LogP contribution in [0.25, 0.3) is 0 Å². The molecule has 0 bridgehead atoms. The van der Waals surface area contributed by atoms with Crippen molar-refractivity contribution in [2.24, 2.45) is 5.92 Å². The van der Waals surface area contributed by atoms with Gasteiger partial charge in [-0.05, 0) is 12.3 Å². The summed E-state index contributed by atoms with van der Waals surface area (Å²) in [6.07, 6.45) is 2.16. The average Bonchev–Trinajstić information content (AvgIpc) is 3.10. The number of rotatable bonds is 4. The van der Waals surface area contributed by atoms with Crippen molar-refractivity contribution in [3.63, 3.8) is 0 Å². The summed E-state index contributed by atoms with van der Waals surface area (Å²) in [6.45, 7) is 9.64. The summed E-state index contributed by atoms with van der Waals surface area (Å²) in [5.74, 6) is 1.73. The Morgan fingerprint density at radius 2 is 2.16 bits per heavy atom. The minimum Gasteiger partial charge on any atom is -0.381 e. The molecule has 3 heterocycles. The van der Waals surface area contributed by atoms with Crippen molar-refractivity contribution in [3.8, 4) is 0 Å². The summed E-state index contributed by atoms with van der Waals surface area (Å²) in [6, 6.07) is 0. The largest absolute Gasteiger partial charge is 0.381 e. The Labute approximate surface area is 118 Å². The molecule has 0 radical (unpaired) electrons. The minimum atomic E-state index is 0.750. The minimum absolute atomic E-state index is 0.750. The Morgan fingerprint density at radius 3 is 2.79 bits per heavy atom. The number of nitrogens with zero attached hydrogens (tertiary/aromatic N) is 4. The van der Waals surface area contributed by atoms with Gasteiger partial charge >= 0.3 is 0 Å². The van der Waals surface area contributed by atoms with Gasteiger partial charge < -0.3 is 9.64 Å². The number of aromatic nitrogens is 2. The first-order valence-electron chi connectivity index (χ1n) is 7.23. The van der Waals surface area contributed by atoms with Crippen molar-refractivity contribution >= 4 is 16.7 Å². The highest BCUT2D eigenvalue weighted by molar-refractivity contribution is 7.09. The molecular formula is C13H22N4OS. The summed E-state index contributed by atoms with van der Waals surface area (Å²) in [7, 11) is 0. The van der Waals surface area contributed by atoms with Crippen molar-refractivity contribution in [1.29, 1.82) is 0 Å². The van der Waals surface area contributed by atoms with E-state index in [0.29, 0.717) is 0 Å². The monoisotopic (exact) mass is 282 g/mol. The van der Waals surface area contributed by atoms with E-state index in [4.69, 9.17) is 4.74 Å². The number of aryl methyl sites for hydroxylation is 1. The zero-order chi connectivity index (χ0) is 13.1. The topological polar surface area (TPSA) is 41.5 Å². The molecule has 2 aliphatic rings. The molecule has 0 N–H and O–H groups in total. The fraction of sp³-hybridized carbons (Fsp3) is 0.846. The van der Waals surface area contributed by atoms with Gasteiger partial charge in [0.05, 0.1) is 6.61 Å². The summed E-state index contributed by atoms with van der Waals surface area (Å²) < 4.78 is 9.82. The van der Waals surface area contributed by atoms with Gasteiger partial charge in [-0.25, -0.2) is 4.98 Å². The third-order valence-corrected chi connectivity index (χ3v) is 4.77. The van der Waals surface area contributed by atoms with Gasteiger partial charge in [0.15, 0.2) is 0 Å². The van der Waals surface area contributed by atoms with Crippen LogP contribution in [-0.4, -0.2) is 60.2 Å². The van der Waals surface area contributed by atoms with Crippen molar-refractivity contribution < 1.29 is 4.74 Å². The smallest absolute Gasteiger partial charge is 0.205 e. The molecule has 106 valence electrons. The molecule has 1 aromatic rings. The molecule has 0 aliphatic carbocycles. The van der Waals surface area contributed by atoms with Crippen LogP contribution in [0.4, 0.5) is 5.13 Å². The Hall–Kier alpha value is -0.720. The van der Waals surface area contributed by atoms with E-state index in [1.165, 1.54) is 13.0 Å². The van der Waals surface area contributed by atoms with Crippen LogP contribution >= 0.6 is 11.5 Å². The van der Waals surface area contributed by atoms with Gasteiger partial charge in [0, 0.05) is 57.3 Å². The molecule has 1 atom stereocenters. The van der Waals surface area contributed by atoms with Crippen molar-refractivity contribution in [2.45, 2.75) is 19.8 Å². The number of hydrogen-bond acceptors (Lipinski definition) is 6. The molecule has 0 amide bonds. The van der Waals surface area contributed by atoms with Gasteiger partial charge in [-0.2, -0.15) is 4.37 Å². The molecule has 0 aromatic carbocycles. The fourth-order valence-corrected chi connectivity index (χ4v) is 3.53. The molecule has 2 saturated heterocycles. The van der Waals surface area contributed by atoms with E-state index in [1.807, 2.05) is 0 Å². The van der Waals surface area contributed by atoms with Crippen LogP contribution in [0.5, 0.6) is 0 Å². The van der Waals surface area contributed by atoms with E-state index in [0.717, 1.165) is 62.7 Å². The summed E-state index contributed by atoms with van der Waals surface area (Å²) in [5.41, 5.74) is 0. The van der Waals surface area contributed by atoms with Crippen molar-refractivity contribution in [3.05, 3.63) is 5.82 Å². The van der Waals surface area contributed by atoms with Crippen LogP contribution < -0.4 is 4.90 Å². The molecule has 5 nitrogen and oxygen atoms in total. The summed E-state index contributed by atoms with van der Waals surface area (Å²) in [4.78, 5) is 9.52. The lowest BCUT2D eigenvalue weighted by Gasteiger charge is -2.35. The highest BCUT2D eigenvalue weighted by Crippen LogP contribution is 2.20. The predicted molar refractivity (Wildman–Crippen MR) is 76.9 cm³/mol. The number of anilines is 1. The van der Waals surface area contributed by atoms with Gasteiger partial charge in [-0.3, -0.25) is 4.90 Å². The molecular weight excluding hydrogens is 260 g/mol. The van der Waals surface area contributed by atoms with Crippen LogP contribution in [0, 0.1) is 5.92 Å². The molecule has 0 saturated carbocycles. The lowest BCUT2D eigenvalue weighted by Crippen LogP contribution is -2.47. The number of piperazine rings is 1. The third-order valence-electron chi connectivity index (χ3n) is 3.96. The normalized spacial score (nSPS) is 25.1. The second-order valence-corrected chi connectivity index (χ2v) is 6.09. The third kappa shape index (κ3) is 3.24. The quantitative estimate of drug-likeness (QED) is 0.831. The number of hydrogen-bond donors (Lipinski definition) is 0. The highest BCUT2D eigenvalue weighted by atomic mass is 32.1. The van der Waals surface area contributed by atoms with E-state index >= 15 is 0 Å². The van der Waals surface area contributed by atoms with Gasteiger partial charge in [0.25, 0.3) is 0 Å². The second kappa shape index (κ2) is 6.15. The van der Waals surface area contributed by atoms with Crippen LogP contribution in [0.15, 0.2) is 0 Å². The molecule has 19 heavy (non-hydrogen) atoms. The van der Waals surface area contributed by atoms with Crippen LogP contribution in [0.2, 0.25) is 0 Å². The molecule has 1 unspecified atom stereocenters. The first-order valence-corrected chi connectivity index (χ1v) is 8.00. The first-order chi connectivity index (χ1) is 9.35. The maximum Gasteiger partial charge on any atom is 0.205 e. The Kier molecular flexibility index (Phi) is 4.30. The highest BCUT2D eigenvalue weighted by Gasteiger charge is 2.23. The summed E-state index contributed by atoms with van der Waals surface area (Å²) in [5, 5.41) is 1.10. The Morgan fingerprint density at radius 1 is 1.32 bits per heavy atom. The molecule has 3 rings (SSSR count). The van der Waals surface area contributed by atoms with Crippen LogP contribution in [0.3, 0.4) is 0 Å². The molecule has 2 aliphatic heterocycles. The second-order valence-electron chi connectivity index (χ2n) is 5.36. The van der Waals surface area contributed by atoms with Crippen LogP contribution in [-0.2, 0) is 11.2 Å². The first kappa shape index (κ1) is 13.3. The molecule has 1 aromatic heterocycles. The molecule has 0 spiro atoms. The van der Waals surface area contributed by atoms with E-state index in [2.05, 4.69) is 26.1 Å². The van der Waals surface area contributed by atoms with E-state index in [-0.39, 0.29) is 0 Å². The standard InChI is InChI=1S/C13H22N4OS/c1-2-12-14-13(19-15-12)17-6-4-16(5-7-17)9-11-3-8-18-10-11/h11H,2-10H2,1H3. The maximum atomic E-state index is 5.45. The van der Waals surface area contributed by atoms with Gasteiger partial charge in [0.2, 0.25) is 5.13 Å². The van der Waals surface area contributed by atoms with Gasteiger partial charge in [-0.15, -0.1) is 0 Å². The van der Waals surface area contributed by atoms with Gasteiger partial charge in [0.1, 0.15) is 5.82 Å². The number of ether oxygens (including phenoxy) is 1. The fourth-order valence-electron chi connectivity index (χ4n) is 2.73. The van der Waals surface area contributed by atoms with Gasteiger partial charge in [-0.1, -0.05) is 6.92 Å². The average molecular weight is 282 g/mol. The van der Waals surface area contributed by atoms with Crippen molar-refractivity contribution in [1.82, 2.24) is 14.3 Å². The zero-order valence-electron chi connectivity index (χ0n) is 11.5. The van der Waals surface area contributed by atoms with E-state index in [1.54, 1.807) is 11.5 Å². The lowest BCUT2D eigenvalue weighted by atomic mass is 10.1. The van der Waals surface area contributed by atoms with Crippen molar-refractivity contribution in [2.75, 3.05) is 50.8 Å². The van der Waals surface area contributed by atoms with E-state index in [9.17, 15) is 0 Å². The summed E-state index contributed by atoms with van der Waals surface area (Å²) >= 11 is 1.54. The maximum absolute atomic E-state index is 5.45. The molecule has 2 fully saturated rings.